The SMILES string of the molecule is CC(C)(CNC(=O)c1ccc(OC2CCCC2)nc1)C(=O)O. The summed E-state index contributed by atoms with van der Waals surface area (Å²) in [5.74, 6) is -0.769. The number of aromatic nitrogens is 1. The van der Waals surface area contributed by atoms with E-state index in [1.165, 1.54) is 19.0 Å². The highest BCUT2D eigenvalue weighted by atomic mass is 16.5. The number of carboxylic acids is 1. The molecule has 0 bridgehead atoms. The number of carboxylic acid groups (broad SMARTS) is 1. The molecule has 0 unspecified atom stereocenters. The summed E-state index contributed by atoms with van der Waals surface area (Å²) in [4.78, 5) is 27.1. The molecule has 1 aliphatic carbocycles. The summed E-state index contributed by atoms with van der Waals surface area (Å²) in [7, 11) is 0. The van der Waals surface area contributed by atoms with Gasteiger partial charge in [0.25, 0.3) is 5.91 Å². The standard InChI is InChI=1S/C16H22N2O4/c1-16(2,15(20)21)10-18-14(19)11-7-8-13(17-9-11)22-12-5-3-4-6-12/h7-9,12H,3-6,10H2,1-2H3,(H,18,19)(H,20,21). The zero-order valence-electron chi connectivity index (χ0n) is 13.0. The summed E-state index contributed by atoms with van der Waals surface area (Å²) in [6.07, 6.45) is 6.15. The van der Waals surface area contributed by atoms with E-state index in [-0.39, 0.29) is 18.6 Å². The Balaban J connectivity index is 1.89. The summed E-state index contributed by atoms with van der Waals surface area (Å²) in [6, 6.07) is 3.32. The van der Waals surface area contributed by atoms with Crippen LogP contribution in [0, 0.1) is 5.41 Å². The number of amides is 1. The lowest BCUT2D eigenvalue weighted by atomic mass is 9.94. The molecule has 1 amide bonds. The number of ether oxygens (including phenoxy) is 1. The number of nitrogens with zero attached hydrogens (tertiary/aromatic N) is 1. The highest BCUT2D eigenvalue weighted by molar-refractivity contribution is 5.94. The molecule has 0 saturated heterocycles. The van der Waals surface area contributed by atoms with Gasteiger partial charge in [-0.15, -0.1) is 0 Å². The van der Waals surface area contributed by atoms with E-state index in [0.29, 0.717) is 11.4 Å². The molecule has 6 heteroatoms. The number of rotatable bonds is 6. The van der Waals surface area contributed by atoms with E-state index in [1.807, 2.05) is 0 Å². The third kappa shape index (κ3) is 4.19. The Morgan fingerprint density at radius 2 is 2.05 bits per heavy atom. The maximum atomic E-state index is 12.0. The Hall–Kier alpha value is -2.11. The topological polar surface area (TPSA) is 88.5 Å². The van der Waals surface area contributed by atoms with Crippen LogP contribution in [-0.2, 0) is 4.79 Å². The van der Waals surface area contributed by atoms with Gasteiger partial charge in [-0.1, -0.05) is 0 Å². The summed E-state index contributed by atoms with van der Waals surface area (Å²) in [6.45, 7) is 3.18. The van der Waals surface area contributed by atoms with Gasteiger partial charge in [0.05, 0.1) is 11.0 Å². The molecule has 0 radical (unpaired) electrons. The number of carbonyl (C=O) groups is 2. The van der Waals surface area contributed by atoms with Crippen LogP contribution in [0.4, 0.5) is 0 Å². The maximum absolute atomic E-state index is 12.0. The fourth-order valence-corrected chi connectivity index (χ4v) is 2.24. The van der Waals surface area contributed by atoms with Gasteiger partial charge in [-0.05, 0) is 45.6 Å². The first-order valence-corrected chi connectivity index (χ1v) is 7.53. The first kappa shape index (κ1) is 16.3. The highest BCUT2D eigenvalue weighted by Crippen LogP contribution is 2.22. The molecule has 1 aromatic rings. The van der Waals surface area contributed by atoms with Gasteiger partial charge in [-0.2, -0.15) is 0 Å². The Kier molecular flexibility index (Phi) is 5.00. The van der Waals surface area contributed by atoms with Crippen LogP contribution in [-0.4, -0.2) is 34.6 Å². The largest absolute Gasteiger partial charge is 0.481 e. The summed E-state index contributed by atoms with van der Waals surface area (Å²) in [5, 5.41) is 11.6. The van der Waals surface area contributed by atoms with Crippen LogP contribution in [0.2, 0.25) is 0 Å². The second kappa shape index (κ2) is 6.77. The Morgan fingerprint density at radius 3 is 2.59 bits per heavy atom. The third-order valence-electron chi connectivity index (χ3n) is 3.86. The summed E-state index contributed by atoms with van der Waals surface area (Å²) in [5.41, 5.74) is -0.616. The normalized spacial score (nSPS) is 15.5. The quantitative estimate of drug-likeness (QED) is 0.841. The van der Waals surface area contributed by atoms with Crippen molar-refractivity contribution in [2.45, 2.75) is 45.6 Å². The van der Waals surface area contributed by atoms with E-state index in [4.69, 9.17) is 9.84 Å². The molecule has 1 saturated carbocycles. The predicted octanol–water partition coefficient (Wildman–Crippen LogP) is 2.24. The van der Waals surface area contributed by atoms with Crippen molar-refractivity contribution in [3.8, 4) is 5.88 Å². The fraction of sp³-hybridized carbons (Fsp3) is 0.562. The molecular formula is C16H22N2O4. The minimum atomic E-state index is -1.01. The molecule has 2 rings (SSSR count). The Morgan fingerprint density at radius 1 is 1.36 bits per heavy atom. The van der Waals surface area contributed by atoms with Crippen LogP contribution in [0.25, 0.3) is 0 Å². The van der Waals surface area contributed by atoms with Crippen molar-refractivity contribution in [1.29, 1.82) is 0 Å². The van der Waals surface area contributed by atoms with E-state index in [1.54, 1.807) is 26.0 Å². The zero-order valence-corrected chi connectivity index (χ0v) is 13.0. The highest BCUT2D eigenvalue weighted by Gasteiger charge is 2.27. The Labute approximate surface area is 129 Å². The minimum Gasteiger partial charge on any atom is -0.481 e. The number of pyridine rings is 1. The molecular weight excluding hydrogens is 284 g/mol. The van der Waals surface area contributed by atoms with Crippen molar-refractivity contribution in [1.82, 2.24) is 10.3 Å². The number of aliphatic carboxylic acids is 1. The molecule has 2 N–H and O–H groups in total. The van der Waals surface area contributed by atoms with E-state index >= 15 is 0 Å². The van der Waals surface area contributed by atoms with Crippen LogP contribution in [0.3, 0.4) is 0 Å². The summed E-state index contributed by atoms with van der Waals surface area (Å²) < 4.78 is 5.74. The van der Waals surface area contributed by atoms with Gasteiger partial charge < -0.3 is 15.2 Å². The van der Waals surface area contributed by atoms with Crippen LogP contribution in [0.1, 0.15) is 49.9 Å². The average Bonchev–Trinajstić information content (AvgIpc) is 2.98. The summed E-state index contributed by atoms with van der Waals surface area (Å²) >= 11 is 0. The molecule has 0 atom stereocenters. The molecule has 0 aromatic carbocycles. The van der Waals surface area contributed by atoms with Crippen LogP contribution < -0.4 is 10.1 Å². The monoisotopic (exact) mass is 306 g/mol. The van der Waals surface area contributed by atoms with Crippen molar-refractivity contribution in [3.05, 3.63) is 23.9 Å². The molecule has 1 aliphatic rings. The van der Waals surface area contributed by atoms with Gasteiger partial charge in [0, 0.05) is 18.8 Å². The Bertz CT molecular complexity index is 534. The molecule has 0 spiro atoms. The van der Waals surface area contributed by atoms with Gasteiger partial charge in [0.1, 0.15) is 6.10 Å². The smallest absolute Gasteiger partial charge is 0.310 e. The van der Waals surface area contributed by atoms with Gasteiger partial charge >= 0.3 is 5.97 Å². The first-order chi connectivity index (χ1) is 10.4. The number of carbonyl (C=O) groups excluding carboxylic acids is 1. The lowest BCUT2D eigenvalue weighted by Gasteiger charge is -2.19. The maximum Gasteiger partial charge on any atom is 0.310 e. The van der Waals surface area contributed by atoms with Crippen LogP contribution in [0.15, 0.2) is 18.3 Å². The molecule has 0 aliphatic heterocycles. The number of hydrogen-bond donors (Lipinski definition) is 2. The van der Waals surface area contributed by atoms with Gasteiger partial charge in [0.2, 0.25) is 5.88 Å². The van der Waals surface area contributed by atoms with E-state index in [0.717, 1.165) is 12.8 Å². The van der Waals surface area contributed by atoms with Crippen molar-refractivity contribution in [3.63, 3.8) is 0 Å². The average molecular weight is 306 g/mol. The fourth-order valence-electron chi connectivity index (χ4n) is 2.24. The van der Waals surface area contributed by atoms with E-state index in [9.17, 15) is 9.59 Å². The first-order valence-electron chi connectivity index (χ1n) is 7.53. The van der Waals surface area contributed by atoms with Crippen molar-refractivity contribution >= 4 is 11.9 Å². The molecule has 1 fully saturated rings. The minimum absolute atomic E-state index is 0.0570. The lowest BCUT2D eigenvalue weighted by Crippen LogP contribution is -2.38. The molecule has 1 heterocycles. The second-order valence-corrected chi connectivity index (χ2v) is 6.28. The van der Waals surface area contributed by atoms with E-state index < -0.39 is 11.4 Å². The van der Waals surface area contributed by atoms with Crippen molar-refractivity contribution in [2.24, 2.45) is 5.41 Å². The van der Waals surface area contributed by atoms with Gasteiger partial charge in [-0.25, -0.2) is 4.98 Å². The van der Waals surface area contributed by atoms with Crippen molar-refractivity contribution in [2.75, 3.05) is 6.54 Å². The molecule has 120 valence electrons. The van der Waals surface area contributed by atoms with Crippen LogP contribution >= 0.6 is 0 Å². The van der Waals surface area contributed by atoms with E-state index in [2.05, 4.69) is 10.3 Å². The lowest BCUT2D eigenvalue weighted by molar-refractivity contribution is -0.146. The second-order valence-electron chi connectivity index (χ2n) is 6.28. The zero-order chi connectivity index (χ0) is 16.2. The molecule has 22 heavy (non-hydrogen) atoms. The van der Waals surface area contributed by atoms with Crippen LogP contribution in [0.5, 0.6) is 5.88 Å². The number of nitrogens with one attached hydrogen (secondary N) is 1. The van der Waals surface area contributed by atoms with Gasteiger partial charge in [-0.3, -0.25) is 9.59 Å². The third-order valence-corrected chi connectivity index (χ3v) is 3.86. The number of hydrogen-bond acceptors (Lipinski definition) is 4. The predicted molar refractivity (Wildman–Crippen MR) is 80.9 cm³/mol. The molecule has 1 aromatic heterocycles. The van der Waals surface area contributed by atoms with Gasteiger partial charge in [0.15, 0.2) is 0 Å². The van der Waals surface area contributed by atoms with Crippen molar-refractivity contribution < 1.29 is 19.4 Å². The molecule has 6 nitrogen and oxygen atoms in total.